The van der Waals surface area contributed by atoms with E-state index in [0.717, 1.165) is 16.7 Å². The predicted molar refractivity (Wildman–Crippen MR) is 135 cm³/mol. The van der Waals surface area contributed by atoms with Crippen LogP contribution in [0.5, 0.6) is 12.1 Å². The van der Waals surface area contributed by atoms with Gasteiger partial charge >= 0.3 is 6.08 Å². The molecule has 0 radical (unpaired) electrons. The van der Waals surface area contributed by atoms with Crippen molar-refractivity contribution < 1.29 is 28.8 Å². The first-order valence-corrected chi connectivity index (χ1v) is 12.3. The number of nitrogens with zero attached hydrogens (tertiary/aromatic N) is 4. The van der Waals surface area contributed by atoms with E-state index < -0.39 is 12.2 Å². The number of imidazole rings is 1. The van der Waals surface area contributed by atoms with Crippen LogP contribution in [0, 0.1) is 0 Å². The summed E-state index contributed by atoms with van der Waals surface area (Å²) in [5.74, 6) is 0.249. The molecule has 3 N–H and O–H groups in total. The van der Waals surface area contributed by atoms with Crippen LogP contribution in [0.15, 0.2) is 59.0 Å². The van der Waals surface area contributed by atoms with Gasteiger partial charge in [0.15, 0.2) is 11.8 Å². The number of aliphatic hydroxyl groups excluding tert-OH is 1. The van der Waals surface area contributed by atoms with E-state index in [1.165, 1.54) is 0 Å². The number of hydrogen-bond acceptors (Lipinski definition) is 10. The zero-order valence-electron chi connectivity index (χ0n) is 19.6. The molecular weight excluding hydrogens is 514 g/mol. The Morgan fingerprint density at radius 2 is 1.55 bits per heavy atom. The van der Waals surface area contributed by atoms with E-state index in [2.05, 4.69) is 25.1 Å². The van der Waals surface area contributed by atoms with Gasteiger partial charge in [-0.3, -0.25) is 0 Å². The molecule has 3 aromatic heterocycles. The molecule has 5 aromatic rings. The first-order valence-electron chi connectivity index (χ1n) is 11.9. The van der Waals surface area contributed by atoms with Crippen molar-refractivity contribution >= 4 is 22.8 Å². The molecule has 0 spiro atoms. The van der Waals surface area contributed by atoms with Crippen LogP contribution in [0.2, 0.25) is 5.02 Å². The molecule has 7 rings (SSSR count). The average Bonchev–Trinajstić information content (AvgIpc) is 3.71. The number of halogens is 1. The molecule has 0 aliphatic carbocycles. The fraction of sp³-hybridized carbons (Fsp3) is 0.231. The van der Waals surface area contributed by atoms with Crippen molar-refractivity contribution in [3.05, 3.63) is 59.6 Å². The lowest BCUT2D eigenvalue weighted by Crippen LogP contribution is -2.34. The van der Waals surface area contributed by atoms with Gasteiger partial charge in [0, 0.05) is 11.1 Å². The Bertz CT molecular complexity index is 1620. The highest BCUT2D eigenvalue weighted by atomic mass is 35.5. The lowest BCUT2D eigenvalue weighted by molar-refractivity contribution is 0.00706. The Labute approximate surface area is 220 Å². The summed E-state index contributed by atoms with van der Waals surface area (Å²) < 4.78 is 22.3. The number of pyridine rings is 1. The van der Waals surface area contributed by atoms with Crippen LogP contribution in [0.1, 0.15) is 0 Å². The summed E-state index contributed by atoms with van der Waals surface area (Å²) in [7, 11) is 0. The fourth-order valence-corrected chi connectivity index (χ4v) is 5.06. The number of ether oxygens (including phenoxy) is 3. The highest BCUT2D eigenvalue weighted by Gasteiger charge is 2.48. The Balaban J connectivity index is 1.11. The van der Waals surface area contributed by atoms with Gasteiger partial charge in [-0.1, -0.05) is 53.1 Å². The van der Waals surface area contributed by atoms with Crippen molar-refractivity contribution in [3.8, 4) is 45.9 Å². The number of aromatic hydroxyl groups is 1. The molecule has 12 heteroatoms. The van der Waals surface area contributed by atoms with Gasteiger partial charge in [0.2, 0.25) is 0 Å². The number of H-pyrrole nitrogens is 1. The average molecular weight is 534 g/mol. The number of hydrogen-bond donors (Lipinski definition) is 3. The molecule has 0 amide bonds. The van der Waals surface area contributed by atoms with Crippen molar-refractivity contribution in [2.75, 3.05) is 13.2 Å². The summed E-state index contributed by atoms with van der Waals surface area (Å²) in [4.78, 5) is 12.2. The predicted octanol–water partition coefficient (Wildman–Crippen LogP) is 3.61. The Kier molecular flexibility index (Phi) is 5.51. The first-order chi connectivity index (χ1) is 18.5. The minimum absolute atomic E-state index is 0.228. The second-order valence-corrected chi connectivity index (χ2v) is 9.50. The Morgan fingerprint density at radius 3 is 2.26 bits per heavy atom. The van der Waals surface area contributed by atoms with Crippen LogP contribution in [0.4, 0.5) is 0 Å². The second-order valence-electron chi connectivity index (χ2n) is 9.10. The maximum Gasteiger partial charge on any atom is 0.412 e. The standard InChI is InChI=1S/C26H20ClN5O6/c27-16-9-17-23(30-25(28-17)37-19-11-36-21-18(33)10-35-22(19)21)29-20(16)14-5-1-12(2-6-14)13-3-7-15(8-4-13)24-31-32-26(34)38-24/h1-9,18-19,21-22,33H,10-11H2,(H,32,34)(H,28,29,30)/t18-,19-,21?,22-/m1/s1. The third-order valence-corrected chi connectivity index (χ3v) is 6.98. The van der Waals surface area contributed by atoms with Gasteiger partial charge < -0.3 is 33.8 Å². The molecule has 4 atom stereocenters. The van der Waals surface area contributed by atoms with Gasteiger partial charge in [0.1, 0.15) is 18.3 Å². The van der Waals surface area contributed by atoms with Crippen molar-refractivity contribution in [1.82, 2.24) is 25.1 Å². The van der Waals surface area contributed by atoms with Gasteiger partial charge in [0.05, 0.1) is 29.4 Å². The third-order valence-electron chi connectivity index (χ3n) is 6.69. The summed E-state index contributed by atoms with van der Waals surface area (Å²) in [5, 5.41) is 26.9. The van der Waals surface area contributed by atoms with Gasteiger partial charge in [-0.2, -0.15) is 4.98 Å². The molecule has 2 aliphatic rings. The number of nitrogens with one attached hydrogen (secondary N) is 1. The molecule has 1 unspecified atom stereocenters. The van der Waals surface area contributed by atoms with E-state index >= 15 is 0 Å². The Morgan fingerprint density at radius 1 is 0.868 bits per heavy atom. The van der Waals surface area contributed by atoms with Crippen LogP contribution in [-0.4, -0.2) is 73.0 Å². The van der Waals surface area contributed by atoms with E-state index in [1.807, 2.05) is 48.5 Å². The van der Waals surface area contributed by atoms with E-state index in [0.29, 0.717) is 34.1 Å². The highest BCUT2D eigenvalue weighted by molar-refractivity contribution is 6.33. The maximum absolute atomic E-state index is 9.93. The lowest BCUT2D eigenvalue weighted by atomic mass is 10.0. The number of benzene rings is 2. The van der Waals surface area contributed by atoms with Crippen molar-refractivity contribution in [3.63, 3.8) is 0 Å². The molecule has 2 saturated heterocycles. The fourth-order valence-electron chi connectivity index (χ4n) is 4.80. The number of rotatable bonds is 5. The zero-order chi connectivity index (χ0) is 25.8. The summed E-state index contributed by atoms with van der Waals surface area (Å²) in [6.45, 7) is 0.532. The number of aromatic nitrogens is 5. The second kappa shape index (κ2) is 9.07. The van der Waals surface area contributed by atoms with E-state index in [4.69, 9.17) is 30.2 Å². The molecule has 0 saturated carbocycles. The highest BCUT2D eigenvalue weighted by Crippen LogP contribution is 2.33. The normalized spacial score (nSPS) is 22.7. The van der Waals surface area contributed by atoms with Crippen LogP contribution >= 0.6 is 11.6 Å². The SMILES string of the molecule is Oc1nnc(-c2ccc(-c3ccc(-c4nc5nc(O[C@@H]6COC7[C@H](O)CO[C@@H]76)[nH]c5cc4Cl)cc3)cc2)o1. The maximum atomic E-state index is 9.93. The van der Waals surface area contributed by atoms with Crippen LogP contribution in [0.25, 0.3) is 45.0 Å². The van der Waals surface area contributed by atoms with Gasteiger partial charge in [-0.15, -0.1) is 5.10 Å². The van der Waals surface area contributed by atoms with Crippen molar-refractivity contribution in [2.24, 2.45) is 0 Å². The zero-order valence-corrected chi connectivity index (χ0v) is 20.4. The van der Waals surface area contributed by atoms with Crippen LogP contribution < -0.4 is 4.74 Å². The van der Waals surface area contributed by atoms with Gasteiger partial charge in [-0.25, -0.2) is 4.98 Å². The molecule has 0 bridgehead atoms. The van der Waals surface area contributed by atoms with Crippen LogP contribution in [-0.2, 0) is 9.47 Å². The molecule has 2 aliphatic heterocycles. The van der Waals surface area contributed by atoms with Crippen molar-refractivity contribution in [2.45, 2.75) is 24.4 Å². The Hall–Kier alpha value is -4.03. The largest absolute Gasteiger partial charge is 0.465 e. The topological polar surface area (TPSA) is 149 Å². The summed E-state index contributed by atoms with van der Waals surface area (Å²) in [5.41, 5.74) is 5.24. The van der Waals surface area contributed by atoms with E-state index in [1.54, 1.807) is 6.07 Å². The molecule has 38 heavy (non-hydrogen) atoms. The molecular formula is C26H20ClN5O6. The minimum atomic E-state index is -0.648. The summed E-state index contributed by atoms with van der Waals surface area (Å²) in [6.07, 6.45) is -2.22. The molecule has 11 nitrogen and oxygen atoms in total. The minimum Gasteiger partial charge on any atom is -0.465 e. The third kappa shape index (κ3) is 4.05. The molecule has 192 valence electrons. The molecule has 5 heterocycles. The number of aliphatic hydroxyl groups is 1. The first kappa shape index (κ1) is 23.1. The summed E-state index contributed by atoms with van der Waals surface area (Å²) in [6, 6.07) is 17.5. The van der Waals surface area contributed by atoms with E-state index in [-0.39, 0.29) is 36.8 Å². The van der Waals surface area contributed by atoms with Gasteiger partial charge in [-0.05, 0) is 29.3 Å². The number of fused-ring (bicyclic) bond motifs is 2. The lowest BCUT2D eigenvalue weighted by Gasteiger charge is -2.15. The van der Waals surface area contributed by atoms with E-state index in [9.17, 15) is 10.2 Å². The smallest absolute Gasteiger partial charge is 0.412 e. The van der Waals surface area contributed by atoms with Crippen molar-refractivity contribution in [1.29, 1.82) is 0 Å². The summed E-state index contributed by atoms with van der Waals surface area (Å²) >= 11 is 6.58. The van der Waals surface area contributed by atoms with Crippen LogP contribution in [0.3, 0.4) is 0 Å². The quantitative estimate of drug-likeness (QED) is 0.306. The number of aromatic amines is 1. The monoisotopic (exact) mass is 533 g/mol. The molecule has 2 aromatic carbocycles. The van der Waals surface area contributed by atoms with Gasteiger partial charge in [0.25, 0.3) is 11.9 Å². The molecule has 2 fully saturated rings.